The van der Waals surface area contributed by atoms with Crippen molar-refractivity contribution in [3.63, 3.8) is 0 Å². The van der Waals surface area contributed by atoms with Gasteiger partial charge < -0.3 is 0 Å². The van der Waals surface area contributed by atoms with E-state index in [1.807, 2.05) is 0 Å². The van der Waals surface area contributed by atoms with Crippen LogP contribution in [0.1, 0.15) is 55.5 Å². The van der Waals surface area contributed by atoms with Crippen LogP contribution in [0, 0.1) is 6.92 Å². The first kappa shape index (κ1) is 9.75. The fourth-order valence-electron chi connectivity index (χ4n) is 2.71. The molecule has 0 fully saturated rings. The van der Waals surface area contributed by atoms with E-state index in [0.29, 0.717) is 5.92 Å². The molecule has 0 aliphatic heterocycles. The van der Waals surface area contributed by atoms with Gasteiger partial charge in [0.2, 0.25) is 0 Å². The Hall–Kier alpha value is -0.790. The molecular weight excluding hydrogens is 172 g/mol. The number of rotatable bonds is 0. The van der Waals surface area contributed by atoms with Crippen molar-refractivity contribution < 1.29 is 0 Å². The molecule has 0 radical (unpaired) electrons. The molecule has 78 valence electrons. The minimum absolute atomic E-state index is 0.691. The van der Waals surface area contributed by atoms with E-state index in [0.717, 1.165) is 0 Å². The standard InChI is InChI=1S/C12H20N2/c1-9-7-5-4-6-8-11-10(2)13-14(3)12(9)11/h9H,4-8H2,1-3H3. The molecule has 1 unspecified atom stereocenters. The van der Waals surface area contributed by atoms with Gasteiger partial charge in [0.15, 0.2) is 0 Å². The molecule has 0 aromatic carbocycles. The van der Waals surface area contributed by atoms with Gasteiger partial charge >= 0.3 is 0 Å². The number of aromatic nitrogens is 2. The van der Waals surface area contributed by atoms with Crippen LogP contribution < -0.4 is 0 Å². The highest BCUT2D eigenvalue weighted by molar-refractivity contribution is 5.28. The van der Waals surface area contributed by atoms with Crippen LogP contribution in [-0.2, 0) is 13.5 Å². The van der Waals surface area contributed by atoms with E-state index >= 15 is 0 Å². The van der Waals surface area contributed by atoms with Crippen molar-refractivity contribution in [3.05, 3.63) is 17.0 Å². The smallest absolute Gasteiger partial charge is 0.0628 e. The molecule has 1 aromatic rings. The van der Waals surface area contributed by atoms with Crippen LogP contribution in [0.3, 0.4) is 0 Å². The lowest BCUT2D eigenvalue weighted by molar-refractivity contribution is 0.529. The molecule has 1 heterocycles. The second-order valence-electron chi connectivity index (χ2n) is 4.57. The number of hydrogen-bond acceptors (Lipinski definition) is 1. The Morgan fingerprint density at radius 1 is 1.29 bits per heavy atom. The summed E-state index contributed by atoms with van der Waals surface area (Å²) in [5.74, 6) is 0.691. The topological polar surface area (TPSA) is 17.8 Å². The predicted octanol–water partition coefficient (Wildman–Crippen LogP) is 2.95. The lowest BCUT2D eigenvalue weighted by Crippen LogP contribution is -2.07. The van der Waals surface area contributed by atoms with E-state index in [9.17, 15) is 0 Å². The molecular formula is C12H20N2. The minimum Gasteiger partial charge on any atom is -0.272 e. The summed E-state index contributed by atoms with van der Waals surface area (Å²) in [6.07, 6.45) is 6.67. The summed E-state index contributed by atoms with van der Waals surface area (Å²) in [6.45, 7) is 4.48. The minimum atomic E-state index is 0.691. The summed E-state index contributed by atoms with van der Waals surface area (Å²) in [6, 6.07) is 0. The van der Waals surface area contributed by atoms with Crippen molar-refractivity contribution in [3.8, 4) is 0 Å². The van der Waals surface area contributed by atoms with Crippen molar-refractivity contribution in [2.24, 2.45) is 7.05 Å². The molecule has 0 saturated heterocycles. The summed E-state index contributed by atoms with van der Waals surface area (Å²) in [5.41, 5.74) is 4.26. The van der Waals surface area contributed by atoms with Crippen LogP contribution in [-0.4, -0.2) is 9.78 Å². The molecule has 0 bridgehead atoms. The zero-order chi connectivity index (χ0) is 10.1. The van der Waals surface area contributed by atoms with Gasteiger partial charge in [0.25, 0.3) is 0 Å². The normalized spacial score (nSPS) is 22.6. The quantitative estimate of drug-likeness (QED) is 0.618. The maximum absolute atomic E-state index is 4.54. The Labute approximate surface area is 86.3 Å². The third kappa shape index (κ3) is 1.58. The van der Waals surface area contributed by atoms with Crippen molar-refractivity contribution in [1.29, 1.82) is 0 Å². The Morgan fingerprint density at radius 2 is 2.07 bits per heavy atom. The first-order valence-electron chi connectivity index (χ1n) is 5.72. The highest BCUT2D eigenvalue weighted by Crippen LogP contribution is 2.30. The Bertz CT molecular complexity index is 325. The molecule has 0 saturated carbocycles. The van der Waals surface area contributed by atoms with Gasteiger partial charge in [-0.3, -0.25) is 4.68 Å². The summed E-state index contributed by atoms with van der Waals surface area (Å²) < 4.78 is 2.10. The third-order valence-electron chi connectivity index (χ3n) is 3.43. The van der Waals surface area contributed by atoms with Gasteiger partial charge in [-0.15, -0.1) is 0 Å². The van der Waals surface area contributed by atoms with Crippen LogP contribution >= 0.6 is 0 Å². The largest absolute Gasteiger partial charge is 0.272 e. The third-order valence-corrected chi connectivity index (χ3v) is 3.43. The zero-order valence-electron chi connectivity index (χ0n) is 9.51. The van der Waals surface area contributed by atoms with Crippen molar-refractivity contribution in [2.45, 2.75) is 51.9 Å². The van der Waals surface area contributed by atoms with Gasteiger partial charge in [-0.25, -0.2) is 0 Å². The Morgan fingerprint density at radius 3 is 2.86 bits per heavy atom. The number of nitrogens with zero attached hydrogens (tertiary/aromatic N) is 2. The van der Waals surface area contributed by atoms with E-state index in [-0.39, 0.29) is 0 Å². The van der Waals surface area contributed by atoms with Gasteiger partial charge in [-0.05, 0) is 37.7 Å². The Kier molecular flexibility index (Phi) is 2.62. The fraction of sp³-hybridized carbons (Fsp3) is 0.750. The first-order chi connectivity index (χ1) is 6.70. The van der Waals surface area contributed by atoms with Gasteiger partial charge in [-0.1, -0.05) is 19.8 Å². The lowest BCUT2D eigenvalue weighted by atomic mass is 9.90. The molecule has 2 heteroatoms. The molecule has 0 amide bonds. The summed E-state index contributed by atoms with van der Waals surface area (Å²) in [5, 5.41) is 4.54. The van der Waals surface area contributed by atoms with Crippen LogP contribution in [0.25, 0.3) is 0 Å². The maximum Gasteiger partial charge on any atom is 0.0628 e. The molecule has 2 rings (SSSR count). The van der Waals surface area contributed by atoms with Crippen molar-refractivity contribution >= 4 is 0 Å². The van der Waals surface area contributed by atoms with Crippen molar-refractivity contribution in [2.75, 3.05) is 0 Å². The van der Waals surface area contributed by atoms with Crippen LogP contribution in [0.15, 0.2) is 0 Å². The fourth-order valence-corrected chi connectivity index (χ4v) is 2.71. The molecule has 1 aliphatic carbocycles. The summed E-state index contributed by atoms with van der Waals surface area (Å²) in [4.78, 5) is 0. The van der Waals surface area contributed by atoms with E-state index in [4.69, 9.17) is 0 Å². The summed E-state index contributed by atoms with van der Waals surface area (Å²) in [7, 11) is 2.09. The summed E-state index contributed by atoms with van der Waals surface area (Å²) >= 11 is 0. The van der Waals surface area contributed by atoms with Crippen LogP contribution in [0.4, 0.5) is 0 Å². The molecule has 1 aromatic heterocycles. The first-order valence-corrected chi connectivity index (χ1v) is 5.72. The molecule has 0 N–H and O–H groups in total. The molecule has 2 nitrogen and oxygen atoms in total. The average Bonchev–Trinajstić information content (AvgIpc) is 2.36. The van der Waals surface area contributed by atoms with Gasteiger partial charge in [-0.2, -0.15) is 5.10 Å². The second kappa shape index (κ2) is 3.76. The van der Waals surface area contributed by atoms with Gasteiger partial charge in [0.05, 0.1) is 5.69 Å². The monoisotopic (exact) mass is 192 g/mol. The zero-order valence-corrected chi connectivity index (χ0v) is 9.51. The van der Waals surface area contributed by atoms with Crippen molar-refractivity contribution in [1.82, 2.24) is 9.78 Å². The van der Waals surface area contributed by atoms with Gasteiger partial charge in [0.1, 0.15) is 0 Å². The maximum atomic E-state index is 4.54. The van der Waals surface area contributed by atoms with Crippen LogP contribution in [0.2, 0.25) is 0 Å². The predicted molar refractivity (Wildman–Crippen MR) is 58.5 cm³/mol. The number of hydrogen-bond donors (Lipinski definition) is 0. The molecule has 1 atom stereocenters. The average molecular weight is 192 g/mol. The van der Waals surface area contributed by atoms with E-state index in [1.165, 1.54) is 49.1 Å². The van der Waals surface area contributed by atoms with E-state index in [1.54, 1.807) is 0 Å². The van der Waals surface area contributed by atoms with E-state index < -0.39 is 0 Å². The van der Waals surface area contributed by atoms with E-state index in [2.05, 4.69) is 30.7 Å². The van der Waals surface area contributed by atoms with Gasteiger partial charge in [0, 0.05) is 12.7 Å². The molecule has 14 heavy (non-hydrogen) atoms. The highest BCUT2D eigenvalue weighted by Gasteiger charge is 2.19. The SMILES string of the molecule is Cc1nn(C)c2c1CCCCCC2C. The highest BCUT2D eigenvalue weighted by atomic mass is 15.3. The van der Waals surface area contributed by atoms with Crippen LogP contribution in [0.5, 0.6) is 0 Å². The second-order valence-corrected chi connectivity index (χ2v) is 4.57. The number of fused-ring (bicyclic) bond motifs is 1. The lowest BCUT2D eigenvalue weighted by Gasteiger charge is -2.17. The Balaban J connectivity index is 2.43. The number of aryl methyl sites for hydroxylation is 2. The molecule has 1 aliphatic rings. The molecule has 0 spiro atoms.